The number of hydrogen-bond donors (Lipinski definition) is 0. The summed E-state index contributed by atoms with van der Waals surface area (Å²) >= 11 is 0. The third kappa shape index (κ3) is 3.49. The molecule has 0 aromatic carbocycles. The Labute approximate surface area is 182 Å². The normalized spacial score (nSPS) is 42.0. The quantitative estimate of drug-likeness (QED) is 0.406. The summed E-state index contributed by atoms with van der Waals surface area (Å²) in [6, 6.07) is 0. The first-order chi connectivity index (χ1) is 13.6. The minimum absolute atomic E-state index is 0.532. The van der Waals surface area contributed by atoms with Crippen molar-refractivity contribution in [2.24, 2.45) is 39.9 Å². The smallest absolute Gasteiger partial charge is 0.00794 e. The molecule has 1 unspecified atom stereocenters. The van der Waals surface area contributed by atoms with Crippen LogP contribution in [0, 0.1) is 39.9 Å². The van der Waals surface area contributed by atoms with Crippen LogP contribution in [0.15, 0.2) is 22.8 Å². The van der Waals surface area contributed by atoms with E-state index in [0.717, 1.165) is 23.7 Å². The first-order valence-electron chi connectivity index (χ1n) is 13.0. The molecule has 29 heavy (non-hydrogen) atoms. The summed E-state index contributed by atoms with van der Waals surface area (Å²) in [5, 5.41) is 0. The molecule has 4 aliphatic carbocycles. The fourth-order valence-corrected chi connectivity index (χ4v) is 9.19. The maximum atomic E-state index is 2.72. The van der Waals surface area contributed by atoms with Gasteiger partial charge in [0, 0.05) is 0 Å². The predicted molar refractivity (Wildman–Crippen MR) is 127 cm³/mol. The number of hydrogen-bond acceptors (Lipinski definition) is 0. The summed E-state index contributed by atoms with van der Waals surface area (Å²) < 4.78 is 0. The fraction of sp³-hybridized carbons (Fsp3) is 0.862. The van der Waals surface area contributed by atoms with E-state index in [9.17, 15) is 0 Å². The van der Waals surface area contributed by atoms with Gasteiger partial charge < -0.3 is 0 Å². The molecule has 0 aromatic rings. The summed E-state index contributed by atoms with van der Waals surface area (Å²) in [7, 11) is 0. The Morgan fingerprint density at radius 3 is 2.45 bits per heavy atom. The van der Waals surface area contributed by atoms with Gasteiger partial charge in [-0.15, -0.1) is 0 Å². The minimum atomic E-state index is 0.532. The lowest BCUT2D eigenvalue weighted by atomic mass is 9.53. The van der Waals surface area contributed by atoms with Gasteiger partial charge >= 0.3 is 0 Å². The monoisotopic (exact) mass is 396 g/mol. The van der Waals surface area contributed by atoms with Gasteiger partial charge in [-0.05, 0) is 118 Å². The molecular formula is C29H48. The minimum Gasteiger partial charge on any atom is -0.0859 e. The molecule has 6 atom stereocenters. The molecule has 0 aliphatic heterocycles. The maximum absolute atomic E-state index is 2.72. The van der Waals surface area contributed by atoms with Gasteiger partial charge in [0.1, 0.15) is 0 Å². The summed E-state index contributed by atoms with van der Waals surface area (Å²) in [6.07, 6.45) is 18.3. The molecule has 0 aromatic heterocycles. The number of allylic oxidation sites excluding steroid dienone is 4. The van der Waals surface area contributed by atoms with Crippen LogP contribution in [0.1, 0.15) is 119 Å². The molecule has 0 heteroatoms. The van der Waals surface area contributed by atoms with Gasteiger partial charge in [-0.3, -0.25) is 0 Å². The second-order valence-electron chi connectivity index (χ2n) is 12.9. The molecule has 0 radical (unpaired) electrons. The van der Waals surface area contributed by atoms with Gasteiger partial charge in [-0.25, -0.2) is 0 Å². The Kier molecular flexibility index (Phi) is 5.66. The third-order valence-electron chi connectivity index (χ3n) is 10.6. The van der Waals surface area contributed by atoms with Crippen LogP contribution in [0.3, 0.4) is 0 Å². The number of rotatable bonds is 5. The van der Waals surface area contributed by atoms with Crippen LogP contribution < -0.4 is 0 Å². The zero-order valence-electron chi connectivity index (χ0n) is 20.7. The largest absolute Gasteiger partial charge is 0.0859 e. The standard InChI is InChI=1S/C29H48/c1-20(2)10-8-11-21(3)22-16-19-28(6)23(22)12-13-24(28)25-14-15-26-27(4,5)17-9-18-29(25,26)7/h10,21,24-26H,8-9,11-19H2,1-7H3/t21?,24-,25+,26-,28-,29+/m0/s1. The molecule has 0 nitrogen and oxygen atoms in total. The summed E-state index contributed by atoms with van der Waals surface area (Å²) in [6.45, 7) is 17.6. The van der Waals surface area contributed by atoms with Crippen LogP contribution in [0.4, 0.5) is 0 Å². The first kappa shape index (κ1) is 21.7. The molecule has 3 saturated carbocycles. The molecule has 4 aliphatic rings. The molecular weight excluding hydrogens is 348 g/mol. The van der Waals surface area contributed by atoms with E-state index in [1.807, 2.05) is 11.1 Å². The van der Waals surface area contributed by atoms with Crippen molar-refractivity contribution in [2.75, 3.05) is 0 Å². The van der Waals surface area contributed by atoms with Gasteiger partial charge in [-0.2, -0.15) is 0 Å². The summed E-state index contributed by atoms with van der Waals surface area (Å²) in [5.41, 5.74) is 7.02. The van der Waals surface area contributed by atoms with Crippen molar-refractivity contribution in [3.63, 3.8) is 0 Å². The highest BCUT2D eigenvalue weighted by molar-refractivity contribution is 5.34. The van der Waals surface area contributed by atoms with Crippen LogP contribution in [0.25, 0.3) is 0 Å². The Hall–Kier alpha value is -0.520. The molecule has 164 valence electrons. The zero-order chi connectivity index (χ0) is 21.0. The second kappa shape index (κ2) is 7.56. The average Bonchev–Trinajstić information content (AvgIpc) is 3.23. The van der Waals surface area contributed by atoms with Gasteiger partial charge in [0.25, 0.3) is 0 Å². The highest BCUT2D eigenvalue weighted by Crippen LogP contribution is 2.69. The van der Waals surface area contributed by atoms with E-state index in [1.165, 1.54) is 76.2 Å². The molecule has 0 N–H and O–H groups in total. The summed E-state index contributed by atoms with van der Waals surface area (Å²) in [5.74, 6) is 3.70. The van der Waals surface area contributed by atoms with Crippen LogP contribution in [0.2, 0.25) is 0 Å². The molecule has 3 fully saturated rings. The van der Waals surface area contributed by atoms with E-state index < -0.39 is 0 Å². The van der Waals surface area contributed by atoms with Crippen molar-refractivity contribution in [1.82, 2.24) is 0 Å². The van der Waals surface area contributed by atoms with Crippen LogP contribution in [0.5, 0.6) is 0 Å². The first-order valence-corrected chi connectivity index (χ1v) is 13.0. The molecule has 0 heterocycles. The van der Waals surface area contributed by atoms with Gasteiger partial charge in [0.2, 0.25) is 0 Å². The highest BCUT2D eigenvalue weighted by Gasteiger charge is 2.60. The van der Waals surface area contributed by atoms with Crippen molar-refractivity contribution in [3.8, 4) is 0 Å². The van der Waals surface area contributed by atoms with Crippen molar-refractivity contribution in [3.05, 3.63) is 22.8 Å². The molecule has 0 saturated heterocycles. The van der Waals surface area contributed by atoms with Gasteiger partial charge in [-0.1, -0.05) is 63.8 Å². The van der Waals surface area contributed by atoms with Crippen LogP contribution in [-0.4, -0.2) is 0 Å². The third-order valence-corrected chi connectivity index (χ3v) is 10.6. The lowest BCUT2D eigenvalue weighted by Crippen LogP contribution is -2.45. The summed E-state index contributed by atoms with van der Waals surface area (Å²) in [4.78, 5) is 0. The van der Waals surface area contributed by atoms with Crippen molar-refractivity contribution in [1.29, 1.82) is 0 Å². The van der Waals surface area contributed by atoms with Crippen molar-refractivity contribution in [2.45, 2.75) is 119 Å². The van der Waals surface area contributed by atoms with E-state index in [4.69, 9.17) is 0 Å². The Morgan fingerprint density at radius 1 is 0.966 bits per heavy atom. The number of fused-ring (bicyclic) bond motifs is 2. The topological polar surface area (TPSA) is 0 Å². The highest BCUT2D eigenvalue weighted by atomic mass is 14.6. The Balaban J connectivity index is 1.55. The van der Waals surface area contributed by atoms with E-state index >= 15 is 0 Å². The zero-order valence-corrected chi connectivity index (χ0v) is 20.7. The van der Waals surface area contributed by atoms with E-state index in [0.29, 0.717) is 16.2 Å². The van der Waals surface area contributed by atoms with E-state index in [-0.39, 0.29) is 0 Å². The Morgan fingerprint density at radius 2 is 1.72 bits per heavy atom. The fourth-order valence-electron chi connectivity index (χ4n) is 9.19. The second-order valence-corrected chi connectivity index (χ2v) is 12.9. The SMILES string of the molecule is CC(C)=CCCC(C)C1=C2CC[C@@H]([C@H]3CC[C@H]4C(C)(C)CCC[C@]34C)[C@@]2(C)CC1. The van der Waals surface area contributed by atoms with Crippen molar-refractivity contribution < 1.29 is 0 Å². The lowest BCUT2D eigenvalue weighted by Gasteiger charge is -2.52. The van der Waals surface area contributed by atoms with E-state index in [1.54, 1.807) is 0 Å². The Bertz CT molecular complexity index is 687. The van der Waals surface area contributed by atoms with Gasteiger partial charge in [0.05, 0.1) is 0 Å². The maximum Gasteiger partial charge on any atom is -0.00794 e. The molecule has 0 amide bonds. The molecule has 0 spiro atoms. The van der Waals surface area contributed by atoms with Crippen LogP contribution >= 0.6 is 0 Å². The average molecular weight is 397 g/mol. The van der Waals surface area contributed by atoms with E-state index in [2.05, 4.69) is 54.5 Å². The van der Waals surface area contributed by atoms with Crippen LogP contribution in [-0.2, 0) is 0 Å². The van der Waals surface area contributed by atoms with Crippen molar-refractivity contribution >= 4 is 0 Å². The molecule has 0 bridgehead atoms. The molecule has 4 rings (SSSR count). The van der Waals surface area contributed by atoms with Gasteiger partial charge in [0.15, 0.2) is 0 Å². The predicted octanol–water partition coefficient (Wildman–Crippen LogP) is 9.12. The lowest BCUT2D eigenvalue weighted by molar-refractivity contribution is -0.0283.